The molecule has 6 nitrogen and oxygen atoms in total. The molecule has 4 aliphatic heterocycles. The maximum Gasteiger partial charge on any atom is 0.240 e. The lowest BCUT2D eigenvalue weighted by atomic mass is 9.90. The summed E-state index contributed by atoms with van der Waals surface area (Å²) in [5.74, 6) is 0.345. The second kappa shape index (κ2) is 12.2. The molecule has 236 valence electrons. The second-order valence-corrected chi connectivity index (χ2v) is 15.1. The van der Waals surface area contributed by atoms with Crippen LogP contribution in [0.3, 0.4) is 0 Å². The lowest BCUT2D eigenvalue weighted by Crippen LogP contribution is -2.42. The molecule has 46 heavy (non-hydrogen) atoms. The van der Waals surface area contributed by atoms with E-state index in [2.05, 4.69) is 15.7 Å². The average Bonchev–Trinajstić information content (AvgIpc) is 3.78. The van der Waals surface area contributed by atoms with E-state index in [0.717, 1.165) is 39.9 Å². The molecular formula is C35H31ClF2N4O2S2. The molecule has 4 heterocycles. The number of allylic oxidation sites excluding steroid dienone is 4. The van der Waals surface area contributed by atoms with Gasteiger partial charge in [0.25, 0.3) is 0 Å². The highest BCUT2D eigenvalue weighted by molar-refractivity contribution is 8.03. The van der Waals surface area contributed by atoms with E-state index in [-0.39, 0.29) is 15.2 Å². The average molecular weight is 677 g/mol. The number of fused-ring (bicyclic) bond motifs is 2. The number of aryl methyl sites for hydroxylation is 1. The van der Waals surface area contributed by atoms with E-state index in [4.69, 9.17) is 21.6 Å². The summed E-state index contributed by atoms with van der Waals surface area (Å²) in [6.07, 6.45) is 7.04. The molecule has 0 saturated carbocycles. The number of benzene rings is 3. The minimum Gasteiger partial charge on any atom is -0.331 e. The highest BCUT2D eigenvalue weighted by atomic mass is 35.5. The number of nitrogens with one attached hydrogen (secondary N) is 1. The molecule has 0 aliphatic carbocycles. The number of aliphatic imine (C=N–C) groups is 2. The van der Waals surface area contributed by atoms with Gasteiger partial charge in [-0.3, -0.25) is 4.99 Å². The van der Waals surface area contributed by atoms with E-state index >= 15 is 0 Å². The van der Waals surface area contributed by atoms with Gasteiger partial charge in [0.1, 0.15) is 23.9 Å². The zero-order valence-electron chi connectivity index (χ0n) is 25.1. The van der Waals surface area contributed by atoms with Crippen LogP contribution in [0.25, 0.3) is 10.8 Å². The van der Waals surface area contributed by atoms with E-state index < -0.39 is 34.1 Å². The summed E-state index contributed by atoms with van der Waals surface area (Å²) in [5, 5.41) is 4.15. The van der Waals surface area contributed by atoms with E-state index in [9.17, 15) is 17.2 Å². The van der Waals surface area contributed by atoms with Gasteiger partial charge in [-0.05, 0) is 84.5 Å². The van der Waals surface area contributed by atoms with Gasteiger partial charge in [0.05, 0.1) is 21.6 Å². The van der Waals surface area contributed by atoms with Crippen LogP contribution in [-0.2, 0) is 10.0 Å². The summed E-state index contributed by atoms with van der Waals surface area (Å²) in [7, 11) is -3.88. The number of hydrogen-bond acceptors (Lipinski definition) is 6. The number of alkyl halides is 1. The molecule has 1 fully saturated rings. The number of amidine groups is 1. The van der Waals surface area contributed by atoms with E-state index in [0.29, 0.717) is 29.9 Å². The van der Waals surface area contributed by atoms with Gasteiger partial charge in [0.2, 0.25) is 10.0 Å². The second-order valence-electron chi connectivity index (χ2n) is 11.8. The Balaban J connectivity index is 1.31. The van der Waals surface area contributed by atoms with Crippen LogP contribution in [0, 0.1) is 12.7 Å². The minimum absolute atomic E-state index is 0.0151. The first kappa shape index (κ1) is 31.1. The third kappa shape index (κ3) is 5.88. The summed E-state index contributed by atoms with van der Waals surface area (Å²) in [6, 6.07) is 14.2. The van der Waals surface area contributed by atoms with Gasteiger partial charge < -0.3 is 4.90 Å². The van der Waals surface area contributed by atoms with Crippen LogP contribution in [-0.4, -0.2) is 48.9 Å². The first-order valence-electron chi connectivity index (χ1n) is 15.1. The lowest BCUT2D eigenvalue weighted by molar-refractivity contribution is 0.429. The molecule has 0 radical (unpaired) electrons. The smallest absolute Gasteiger partial charge is 0.240 e. The molecule has 2 unspecified atom stereocenters. The van der Waals surface area contributed by atoms with Gasteiger partial charge in [-0.2, -0.15) is 0 Å². The third-order valence-corrected chi connectivity index (χ3v) is 11.5. The molecule has 0 spiro atoms. The first-order valence-corrected chi connectivity index (χ1v) is 17.9. The Bertz CT molecular complexity index is 2040. The zero-order chi connectivity index (χ0) is 32.2. The number of sulfonamides is 1. The Kier molecular flexibility index (Phi) is 8.25. The Labute approximate surface area is 276 Å². The van der Waals surface area contributed by atoms with Crippen molar-refractivity contribution in [3.05, 3.63) is 123 Å². The van der Waals surface area contributed by atoms with Gasteiger partial charge in [-0.1, -0.05) is 48.0 Å². The van der Waals surface area contributed by atoms with Crippen LogP contribution >= 0.6 is 23.4 Å². The predicted octanol–water partition coefficient (Wildman–Crippen LogP) is 7.97. The monoisotopic (exact) mass is 676 g/mol. The van der Waals surface area contributed by atoms with Crippen molar-refractivity contribution >= 4 is 55.7 Å². The highest BCUT2D eigenvalue weighted by Gasteiger charge is 2.43. The summed E-state index contributed by atoms with van der Waals surface area (Å²) in [5.41, 5.74) is 4.36. The lowest BCUT2D eigenvalue weighted by Gasteiger charge is -2.35. The Morgan fingerprint density at radius 1 is 1.15 bits per heavy atom. The largest absolute Gasteiger partial charge is 0.331 e. The van der Waals surface area contributed by atoms with Crippen LogP contribution in [0.2, 0.25) is 5.02 Å². The summed E-state index contributed by atoms with van der Waals surface area (Å²) < 4.78 is 58.6. The van der Waals surface area contributed by atoms with Crippen molar-refractivity contribution in [3.8, 4) is 0 Å². The maximum atomic E-state index is 14.2. The van der Waals surface area contributed by atoms with Crippen molar-refractivity contribution in [2.75, 3.05) is 6.54 Å². The predicted molar refractivity (Wildman–Crippen MR) is 183 cm³/mol. The third-order valence-electron chi connectivity index (χ3n) is 8.56. The van der Waals surface area contributed by atoms with Gasteiger partial charge in [0.15, 0.2) is 0 Å². The quantitative estimate of drug-likeness (QED) is 0.276. The van der Waals surface area contributed by atoms with Gasteiger partial charge in [-0.25, -0.2) is 26.9 Å². The fourth-order valence-corrected chi connectivity index (χ4v) is 8.98. The molecule has 0 aromatic heterocycles. The topological polar surface area (TPSA) is 74.1 Å². The molecule has 3 aromatic rings. The van der Waals surface area contributed by atoms with Gasteiger partial charge in [0, 0.05) is 40.9 Å². The first-order chi connectivity index (χ1) is 22.1. The summed E-state index contributed by atoms with van der Waals surface area (Å²) in [6.45, 7) is 3.80. The van der Waals surface area contributed by atoms with Crippen LogP contribution < -0.4 is 4.72 Å². The van der Waals surface area contributed by atoms with Crippen LogP contribution in [0.5, 0.6) is 0 Å². The fraction of sp³-hybridized carbons (Fsp3) is 0.257. The number of halogens is 3. The fourth-order valence-electron chi connectivity index (χ4n) is 6.51. The van der Waals surface area contributed by atoms with Crippen molar-refractivity contribution in [3.63, 3.8) is 0 Å². The molecule has 1 saturated heterocycles. The van der Waals surface area contributed by atoms with Crippen LogP contribution in [0.1, 0.15) is 36.9 Å². The zero-order valence-corrected chi connectivity index (χ0v) is 27.5. The normalized spacial score (nSPS) is 24.2. The molecule has 0 bridgehead atoms. The number of nitrogens with zero attached hydrogens (tertiary/aromatic N) is 3. The van der Waals surface area contributed by atoms with Crippen LogP contribution in [0.15, 0.2) is 116 Å². The van der Waals surface area contributed by atoms with Crippen molar-refractivity contribution in [2.24, 2.45) is 9.98 Å². The molecule has 3 aromatic carbocycles. The highest BCUT2D eigenvalue weighted by Crippen LogP contribution is 2.45. The van der Waals surface area contributed by atoms with Gasteiger partial charge in [-0.15, -0.1) is 11.8 Å². The van der Waals surface area contributed by atoms with Crippen LogP contribution in [0.4, 0.5) is 8.78 Å². The molecule has 4 aliphatic rings. The van der Waals surface area contributed by atoms with Gasteiger partial charge >= 0.3 is 0 Å². The van der Waals surface area contributed by atoms with Crippen molar-refractivity contribution in [1.29, 1.82) is 0 Å². The maximum absolute atomic E-state index is 14.2. The van der Waals surface area contributed by atoms with E-state index in [1.54, 1.807) is 36.0 Å². The Morgan fingerprint density at radius 3 is 2.76 bits per heavy atom. The summed E-state index contributed by atoms with van der Waals surface area (Å²) in [4.78, 5) is 12.3. The molecule has 0 amide bonds. The molecule has 1 N–H and O–H groups in total. The van der Waals surface area contributed by atoms with Crippen molar-refractivity contribution in [1.82, 2.24) is 9.62 Å². The summed E-state index contributed by atoms with van der Waals surface area (Å²) >= 11 is 8.30. The molecule has 11 heteroatoms. The van der Waals surface area contributed by atoms with Crippen molar-refractivity contribution < 1.29 is 17.2 Å². The standard InChI is InChI=1S/C35H31ClF2N4O2S2/c1-20-5-3-6-22-16-26(10-12-27(20)22)46(43,44)41-25-18-31-33(30-13-9-24(39-30)15-21(2)37)34(28-11-8-23(38)17-29(28)36)40-35(42(31)19-25)32-7-4-14-45-32/h3-6,8-17,21,25,32,34,41H,7,18-19H2,1-2H3/b24-15-/t21?,25-,32?,34-/m0/s1. The number of hydrogen-bond donors (Lipinski definition) is 1. The number of thioether (sulfide) groups is 1. The Morgan fingerprint density at radius 2 is 2.00 bits per heavy atom. The minimum atomic E-state index is -3.88. The van der Waals surface area contributed by atoms with E-state index in [1.807, 2.05) is 42.7 Å². The SMILES string of the molecule is Cc1cccc2cc(S(=O)(=O)N[C@H]3CC4=C(C5=N/C(=C\C(C)F)C=C5)[C@H](c5ccc(F)cc5Cl)N=C(C5CC=CS5)N4C3)ccc12. The van der Waals surface area contributed by atoms with Crippen molar-refractivity contribution in [2.45, 2.75) is 55.1 Å². The van der Waals surface area contributed by atoms with E-state index in [1.165, 1.54) is 25.1 Å². The molecule has 7 rings (SSSR count). The number of rotatable bonds is 7. The molecule has 4 atom stereocenters. The Hall–Kier alpha value is -3.57. The molecular weight excluding hydrogens is 646 g/mol.